The van der Waals surface area contributed by atoms with Gasteiger partial charge in [-0.05, 0) is 35.7 Å². The van der Waals surface area contributed by atoms with E-state index in [4.69, 9.17) is 0 Å². The Balaban J connectivity index is 1.95. The number of rotatable bonds is 2. The first-order chi connectivity index (χ1) is 9.24. The number of amides is 1. The van der Waals surface area contributed by atoms with Crippen molar-refractivity contribution in [3.8, 4) is 0 Å². The van der Waals surface area contributed by atoms with Crippen LogP contribution in [0.15, 0.2) is 53.0 Å². The van der Waals surface area contributed by atoms with Crippen LogP contribution in [0, 0.1) is 0 Å². The van der Waals surface area contributed by atoms with E-state index < -0.39 is 0 Å². The number of carbonyl (C=O) groups excluding carboxylic acids is 1. The number of carbonyl (C=O) groups is 1. The lowest BCUT2D eigenvalue weighted by Crippen LogP contribution is -2.34. The molecule has 2 aromatic rings. The van der Waals surface area contributed by atoms with Crippen LogP contribution in [0.4, 0.5) is 5.69 Å². The van der Waals surface area contributed by atoms with Gasteiger partial charge in [0.15, 0.2) is 0 Å². The van der Waals surface area contributed by atoms with Crippen molar-refractivity contribution in [2.75, 3.05) is 4.90 Å². The van der Waals surface area contributed by atoms with Crippen molar-refractivity contribution in [1.82, 2.24) is 0 Å². The summed E-state index contributed by atoms with van der Waals surface area (Å²) in [6.45, 7) is 0.647. The van der Waals surface area contributed by atoms with Crippen LogP contribution in [-0.4, -0.2) is 5.91 Å². The molecule has 2 aromatic carbocycles. The molecule has 0 unspecified atom stereocenters. The predicted molar refractivity (Wildman–Crippen MR) is 80.1 cm³/mol. The molecule has 0 radical (unpaired) electrons. The van der Waals surface area contributed by atoms with Gasteiger partial charge in [-0.1, -0.05) is 46.3 Å². The summed E-state index contributed by atoms with van der Waals surface area (Å²) < 4.78 is 1.07. The molecular formula is C16H14BrNO. The van der Waals surface area contributed by atoms with Crippen LogP contribution in [0.25, 0.3) is 0 Å². The normalized spacial score (nSPS) is 14.4. The molecule has 1 amide bonds. The first-order valence-corrected chi connectivity index (χ1v) is 7.16. The lowest BCUT2D eigenvalue weighted by molar-refractivity contribution is -0.119. The highest BCUT2D eigenvalue weighted by Gasteiger charge is 2.24. The van der Waals surface area contributed by atoms with Crippen molar-refractivity contribution in [2.45, 2.75) is 19.4 Å². The average molecular weight is 316 g/mol. The van der Waals surface area contributed by atoms with Crippen molar-refractivity contribution in [3.63, 3.8) is 0 Å². The Morgan fingerprint density at radius 3 is 2.63 bits per heavy atom. The zero-order valence-corrected chi connectivity index (χ0v) is 12.1. The standard InChI is InChI=1S/C16H14BrNO/c17-14-7-8-15-13(10-14)6-9-16(19)18(15)11-12-4-2-1-3-5-12/h1-5,7-8,10H,6,9,11H2. The number of nitrogens with zero attached hydrogens (tertiary/aromatic N) is 1. The number of benzene rings is 2. The summed E-state index contributed by atoms with van der Waals surface area (Å²) in [4.78, 5) is 14.1. The minimum absolute atomic E-state index is 0.207. The minimum atomic E-state index is 0.207. The smallest absolute Gasteiger partial charge is 0.227 e. The zero-order chi connectivity index (χ0) is 13.2. The molecule has 96 valence electrons. The predicted octanol–water partition coefficient (Wildman–Crippen LogP) is 3.93. The third-order valence-corrected chi connectivity index (χ3v) is 3.92. The van der Waals surface area contributed by atoms with E-state index in [0.717, 1.165) is 22.1 Å². The summed E-state index contributed by atoms with van der Waals surface area (Å²) in [7, 11) is 0. The fourth-order valence-electron chi connectivity index (χ4n) is 2.47. The van der Waals surface area contributed by atoms with E-state index in [1.165, 1.54) is 5.56 Å². The van der Waals surface area contributed by atoms with Gasteiger partial charge in [-0.2, -0.15) is 0 Å². The number of fused-ring (bicyclic) bond motifs is 1. The van der Waals surface area contributed by atoms with Crippen LogP contribution in [0.5, 0.6) is 0 Å². The molecule has 3 heteroatoms. The molecular weight excluding hydrogens is 302 g/mol. The largest absolute Gasteiger partial charge is 0.308 e. The maximum Gasteiger partial charge on any atom is 0.227 e. The maximum atomic E-state index is 12.2. The van der Waals surface area contributed by atoms with Crippen LogP contribution < -0.4 is 4.90 Å². The van der Waals surface area contributed by atoms with Crippen LogP contribution in [-0.2, 0) is 17.8 Å². The Kier molecular flexibility index (Phi) is 3.38. The number of anilines is 1. The quantitative estimate of drug-likeness (QED) is 0.822. The van der Waals surface area contributed by atoms with Crippen molar-refractivity contribution < 1.29 is 4.79 Å². The van der Waals surface area contributed by atoms with Crippen molar-refractivity contribution in [2.24, 2.45) is 0 Å². The SMILES string of the molecule is O=C1CCc2cc(Br)ccc2N1Cc1ccccc1. The fraction of sp³-hybridized carbons (Fsp3) is 0.188. The van der Waals surface area contributed by atoms with E-state index in [-0.39, 0.29) is 5.91 Å². The van der Waals surface area contributed by atoms with Gasteiger partial charge in [-0.3, -0.25) is 4.79 Å². The Morgan fingerprint density at radius 1 is 1.05 bits per heavy atom. The van der Waals surface area contributed by atoms with E-state index in [2.05, 4.69) is 34.1 Å². The molecule has 0 saturated heterocycles. The van der Waals surface area contributed by atoms with Crippen molar-refractivity contribution in [1.29, 1.82) is 0 Å². The average Bonchev–Trinajstić information content (AvgIpc) is 2.43. The molecule has 1 aliphatic rings. The summed E-state index contributed by atoms with van der Waals surface area (Å²) in [6, 6.07) is 16.3. The van der Waals surface area contributed by atoms with Gasteiger partial charge in [0.1, 0.15) is 0 Å². The Hall–Kier alpha value is -1.61. The highest BCUT2D eigenvalue weighted by molar-refractivity contribution is 9.10. The number of hydrogen-bond acceptors (Lipinski definition) is 1. The molecule has 2 nitrogen and oxygen atoms in total. The van der Waals surface area contributed by atoms with Gasteiger partial charge in [0.05, 0.1) is 6.54 Å². The molecule has 3 rings (SSSR count). The maximum absolute atomic E-state index is 12.2. The molecule has 0 bridgehead atoms. The van der Waals surface area contributed by atoms with Gasteiger partial charge in [-0.25, -0.2) is 0 Å². The topological polar surface area (TPSA) is 20.3 Å². The van der Waals surface area contributed by atoms with Crippen molar-refractivity contribution in [3.05, 3.63) is 64.1 Å². The van der Waals surface area contributed by atoms with Gasteiger partial charge in [0.2, 0.25) is 5.91 Å². The van der Waals surface area contributed by atoms with E-state index in [1.807, 2.05) is 35.2 Å². The summed E-state index contributed by atoms with van der Waals surface area (Å²) in [5.74, 6) is 0.207. The molecule has 0 aromatic heterocycles. The van der Waals surface area contributed by atoms with E-state index in [1.54, 1.807) is 0 Å². The van der Waals surface area contributed by atoms with Crippen LogP contribution in [0.3, 0.4) is 0 Å². The van der Waals surface area contributed by atoms with Gasteiger partial charge in [0, 0.05) is 16.6 Å². The van der Waals surface area contributed by atoms with Gasteiger partial charge in [-0.15, -0.1) is 0 Å². The lowest BCUT2D eigenvalue weighted by atomic mass is 10.0. The Labute approximate surface area is 121 Å². The summed E-state index contributed by atoms with van der Waals surface area (Å²) in [5.41, 5.74) is 3.44. The second-order valence-corrected chi connectivity index (χ2v) is 5.65. The molecule has 0 aliphatic carbocycles. The third-order valence-electron chi connectivity index (χ3n) is 3.43. The number of aryl methyl sites for hydroxylation is 1. The fourth-order valence-corrected chi connectivity index (χ4v) is 2.88. The molecule has 0 atom stereocenters. The molecule has 0 N–H and O–H groups in total. The monoisotopic (exact) mass is 315 g/mol. The highest BCUT2D eigenvalue weighted by atomic mass is 79.9. The van der Waals surface area contributed by atoms with Gasteiger partial charge in [0.25, 0.3) is 0 Å². The molecule has 1 heterocycles. The Morgan fingerprint density at radius 2 is 1.84 bits per heavy atom. The van der Waals surface area contributed by atoms with E-state index in [9.17, 15) is 4.79 Å². The molecule has 0 fully saturated rings. The summed E-state index contributed by atoms with van der Waals surface area (Å²) in [6.07, 6.45) is 1.43. The van der Waals surface area contributed by atoms with Gasteiger partial charge >= 0.3 is 0 Å². The van der Waals surface area contributed by atoms with E-state index >= 15 is 0 Å². The van der Waals surface area contributed by atoms with Crippen LogP contribution in [0.1, 0.15) is 17.5 Å². The molecule has 1 aliphatic heterocycles. The third kappa shape index (κ3) is 2.56. The summed E-state index contributed by atoms with van der Waals surface area (Å²) >= 11 is 3.49. The van der Waals surface area contributed by atoms with Crippen LogP contribution in [0.2, 0.25) is 0 Å². The van der Waals surface area contributed by atoms with Crippen LogP contribution >= 0.6 is 15.9 Å². The second-order valence-electron chi connectivity index (χ2n) is 4.74. The van der Waals surface area contributed by atoms with Gasteiger partial charge < -0.3 is 4.90 Å². The highest BCUT2D eigenvalue weighted by Crippen LogP contribution is 2.31. The molecule has 0 spiro atoms. The second kappa shape index (κ2) is 5.17. The zero-order valence-electron chi connectivity index (χ0n) is 10.5. The number of halogens is 1. The van der Waals surface area contributed by atoms with Crippen molar-refractivity contribution >= 4 is 27.5 Å². The first-order valence-electron chi connectivity index (χ1n) is 6.37. The van der Waals surface area contributed by atoms with E-state index in [0.29, 0.717) is 13.0 Å². The molecule has 0 saturated carbocycles. The summed E-state index contributed by atoms with van der Waals surface area (Å²) in [5, 5.41) is 0. The number of hydrogen-bond donors (Lipinski definition) is 0. The lowest BCUT2D eigenvalue weighted by Gasteiger charge is -2.29. The Bertz CT molecular complexity index is 609. The molecule has 19 heavy (non-hydrogen) atoms. The first kappa shape index (κ1) is 12.4. The minimum Gasteiger partial charge on any atom is -0.308 e.